The molecule has 0 heterocycles. The predicted molar refractivity (Wildman–Crippen MR) is 70.1 cm³/mol. The number of carbonyl (C=O) groups is 1. The summed E-state index contributed by atoms with van der Waals surface area (Å²) in [5, 5.41) is 8.86. The number of ether oxygens (including phenoxy) is 1. The lowest BCUT2D eigenvalue weighted by atomic mass is 9.98. The maximum atomic E-state index is 13.7. The Balaban J connectivity index is 2.50. The van der Waals surface area contributed by atoms with Crippen LogP contribution in [0.4, 0.5) is 4.39 Å². The van der Waals surface area contributed by atoms with Crippen molar-refractivity contribution in [3.05, 3.63) is 53.3 Å². The topological polar surface area (TPSA) is 46.5 Å². The SMILES string of the molecule is COc1ccc(-c2cc(F)c(C(=O)O)cc2C)cc1. The highest BCUT2D eigenvalue weighted by Crippen LogP contribution is 2.27. The zero-order valence-electron chi connectivity index (χ0n) is 10.6. The van der Waals surface area contributed by atoms with Crippen LogP contribution >= 0.6 is 0 Å². The Kier molecular flexibility index (Phi) is 3.51. The summed E-state index contributed by atoms with van der Waals surface area (Å²) >= 11 is 0. The minimum atomic E-state index is -1.26. The van der Waals surface area contributed by atoms with Gasteiger partial charge in [0.05, 0.1) is 12.7 Å². The highest BCUT2D eigenvalue weighted by atomic mass is 19.1. The smallest absolute Gasteiger partial charge is 0.338 e. The van der Waals surface area contributed by atoms with Gasteiger partial charge in [-0.05, 0) is 47.9 Å². The number of methoxy groups -OCH3 is 1. The first-order valence-corrected chi connectivity index (χ1v) is 5.71. The van der Waals surface area contributed by atoms with Crippen molar-refractivity contribution in [2.45, 2.75) is 6.92 Å². The van der Waals surface area contributed by atoms with Crippen molar-refractivity contribution in [2.75, 3.05) is 7.11 Å². The predicted octanol–water partition coefficient (Wildman–Crippen LogP) is 3.51. The third kappa shape index (κ3) is 2.57. The van der Waals surface area contributed by atoms with Gasteiger partial charge >= 0.3 is 5.97 Å². The average Bonchev–Trinajstić information content (AvgIpc) is 2.41. The van der Waals surface area contributed by atoms with Crippen LogP contribution in [0.5, 0.6) is 5.75 Å². The maximum Gasteiger partial charge on any atom is 0.338 e. The molecule has 98 valence electrons. The van der Waals surface area contributed by atoms with Crippen molar-refractivity contribution in [1.82, 2.24) is 0 Å². The van der Waals surface area contributed by atoms with Gasteiger partial charge in [0, 0.05) is 0 Å². The number of hydrogen-bond donors (Lipinski definition) is 1. The molecule has 0 bridgehead atoms. The second-order valence-electron chi connectivity index (χ2n) is 4.18. The van der Waals surface area contributed by atoms with Gasteiger partial charge in [0.2, 0.25) is 0 Å². The van der Waals surface area contributed by atoms with Gasteiger partial charge in [-0.25, -0.2) is 9.18 Å². The van der Waals surface area contributed by atoms with E-state index in [0.717, 1.165) is 5.56 Å². The first-order valence-electron chi connectivity index (χ1n) is 5.71. The fraction of sp³-hybridized carbons (Fsp3) is 0.133. The molecule has 2 aromatic carbocycles. The zero-order chi connectivity index (χ0) is 14.0. The third-order valence-corrected chi connectivity index (χ3v) is 2.95. The molecular weight excluding hydrogens is 247 g/mol. The second-order valence-corrected chi connectivity index (χ2v) is 4.18. The summed E-state index contributed by atoms with van der Waals surface area (Å²) in [6, 6.07) is 9.76. The van der Waals surface area contributed by atoms with Crippen molar-refractivity contribution >= 4 is 5.97 Å². The Bertz CT molecular complexity index is 618. The lowest BCUT2D eigenvalue weighted by Gasteiger charge is -2.09. The fourth-order valence-electron chi connectivity index (χ4n) is 1.93. The molecule has 4 heteroatoms. The van der Waals surface area contributed by atoms with Crippen LogP contribution in [0.15, 0.2) is 36.4 Å². The van der Waals surface area contributed by atoms with Gasteiger partial charge in [0.15, 0.2) is 0 Å². The molecule has 0 fully saturated rings. The Morgan fingerprint density at radius 2 is 1.84 bits per heavy atom. The molecule has 2 rings (SSSR count). The molecule has 0 aliphatic rings. The van der Waals surface area contributed by atoms with E-state index in [1.807, 2.05) is 0 Å². The summed E-state index contributed by atoms with van der Waals surface area (Å²) in [7, 11) is 1.57. The highest BCUT2D eigenvalue weighted by Gasteiger charge is 2.14. The van der Waals surface area contributed by atoms with E-state index in [0.29, 0.717) is 16.9 Å². The lowest BCUT2D eigenvalue weighted by molar-refractivity contribution is 0.0692. The van der Waals surface area contributed by atoms with Gasteiger partial charge in [-0.2, -0.15) is 0 Å². The van der Waals surface area contributed by atoms with Crippen LogP contribution in [0.25, 0.3) is 11.1 Å². The number of carboxylic acid groups (broad SMARTS) is 1. The number of aryl methyl sites for hydroxylation is 1. The van der Waals surface area contributed by atoms with Crippen LogP contribution in [0.2, 0.25) is 0 Å². The summed E-state index contributed by atoms with van der Waals surface area (Å²) in [6.45, 7) is 1.76. The average molecular weight is 260 g/mol. The Labute approximate surface area is 110 Å². The van der Waals surface area contributed by atoms with E-state index in [-0.39, 0.29) is 5.56 Å². The van der Waals surface area contributed by atoms with E-state index in [1.54, 1.807) is 38.3 Å². The molecule has 0 saturated carbocycles. The number of rotatable bonds is 3. The number of benzene rings is 2. The number of hydrogen-bond acceptors (Lipinski definition) is 2. The molecule has 2 aromatic rings. The van der Waals surface area contributed by atoms with E-state index in [4.69, 9.17) is 9.84 Å². The van der Waals surface area contributed by atoms with Crippen molar-refractivity contribution in [3.8, 4) is 16.9 Å². The molecule has 0 aromatic heterocycles. The summed E-state index contributed by atoms with van der Waals surface area (Å²) in [5.74, 6) is -1.28. The second kappa shape index (κ2) is 5.10. The van der Waals surface area contributed by atoms with Crippen LogP contribution in [-0.4, -0.2) is 18.2 Å². The van der Waals surface area contributed by atoms with E-state index < -0.39 is 11.8 Å². The molecular formula is C15H13FO3. The lowest BCUT2D eigenvalue weighted by Crippen LogP contribution is -2.02. The highest BCUT2D eigenvalue weighted by molar-refractivity contribution is 5.89. The quantitative estimate of drug-likeness (QED) is 0.918. The molecule has 1 N–H and O–H groups in total. The Hall–Kier alpha value is -2.36. The monoisotopic (exact) mass is 260 g/mol. The van der Waals surface area contributed by atoms with Crippen molar-refractivity contribution in [3.63, 3.8) is 0 Å². The van der Waals surface area contributed by atoms with Gasteiger partial charge in [0.1, 0.15) is 11.6 Å². The molecule has 0 saturated heterocycles. The summed E-state index contributed by atoms with van der Waals surface area (Å²) in [6.07, 6.45) is 0. The molecule has 19 heavy (non-hydrogen) atoms. The molecule has 0 atom stereocenters. The van der Waals surface area contributed by atoms with Gasteiger partial charge in [-0.1, -0.05) is 12.1 Å². The number of carboxylic acids is 1. The van der Waals surface area contributed by atoms with Crippen LogP contribution in [0.1, 0.15) is 15.9 Å². The van der Waals surface area contributed by atoms with Gasteiger partial charge < -0.3 is 9.84 Å². The van der Waals surface area contributed by atoms with Gasteiger partial charge in [-0.15, -0.1) is 0 Å². The van der Waals surface area contributed by atoms with E-state index in [9.17, 15) is 9.18 Å². The third-order valence-electron chi connectivity index (χ3n) is 2.95. The minimum absolute atomic E-state index is 0.310. The van der Waals surface area contributed by atoms with E-state index >= 15 is 0 Å². The van der Waals surface area contributed by atoms with Crippen molar-refractivity contribution in [2.24, 2.45) is 0 Å². The Morgan fingerprint density at radius 3 is 2.37 bits per heavy atom. The fourth-order valence-corrected chi connectivity index (χ4v) is 1.93. The van der Waals surface area contributed by atoms with E-state index in [2.05, 4.69) is 0 Å². The standard InChI is InChI=1S/C15H13FO3/c1-9-7-13(15(17)18)14(16)8-12(9)10-3-5-11(19-2)6-4-10/h3-8H,1-2H3,(H,17,18). The molecule has 0 amide bonds. The molecule has 0 radical (unpaired) electrons. The first-order chi connectivity index (χ1) is 9.02. The Morgan fingerprint density at radius 1 is 1.21 bits per heavy atom. The van der Waals surface area contributed by atoms with Gasteiger partial charge in [0.25, 0.3) is 0 Å². The molecule has 0 aliphatic carbocycles. The van der Waals surface area contributed by atoms with Crippen molar-refractivity contribution in [1.29, 1.82) is 0 Å². The summed E-state index contributed by atoms with van der Waals surface area (Å²) in [5.41, 5.74) is 1.89. The molecule has 0 aliphatic heterocycles. The first kappa shape index (κ1) is 13.1. The zero-order valence-corrected chi connectivity index (χ0v) is 10.6. The van der Waals surface area contributed by atoms with Crippen LogP contribution in [0, 0.1) is 12.7 Å². The number of halogens is 1. The maximum absolute atomic E-state index is 13.7. The minimum Gasteiger partial charge on any atom is -0.497 e. The molecule has 0 unspecified atom stereocenters. The number of aromatic carboxylic acids is 1. The van der Waals surface area contributed by atoms with Crippen molar-refractivity contribution < 1.29 is 19.0 Å². The summed E-state index contributed by atoms with van der Waals surface area (Å²) < 4.78 is 18.8. The molecule has 0 spiro atoms. The summed E-state index contributed by atoms with van der Waals surface area (Å²) in [4.78, 5) is 10.8. The van der Waals surface area contributed by atoms with Crippen LogP contribution in [0.3, 0.4) is 0 Å². The van der Waals surface area contributed by atoms with Gasteiger partial charge in [-0.3, -0.25) is 0 Å². The van der Waals surface area contributed by atoms with Crippen LogP contribution < -0.4 is 4.74 Å². The largest absolute Gasteiger partial charge is 0.497 e. The molecule has 3 nitrogen and oxygen atoms in total. The van der Waals surface area contributed by atoms with Crippen LogP contribution in [-0.2, 0) is 0 Å². The normalized spacial score (nSPS) is 10.3. The van der Waals surface area contributed by atoms with E-state index in [1.165, 1.54) is 12.1 Å².